The number of nitrogens with two attached hydrogens (primary N) is 1. The topological polar surface area (TPSA) is 79.8 Å². The van der Waals surface area contributed by atoms with Gasteiger partial charge in [0.2, 0.25) is 5.95 Å². The molecule has 138 valence electrons. The molecular formula is C14H15F5N4OS. The number of nitrogen functional groups attached to an aromatic ring is 1. The van der Waals surface area contributed by atoms with Gasteiger partial charge in [-0.05, 0) is 36.7 Å². The zero-order valence-corrected chi connectivity index (χ0v) is 14.3. The zero-order valence-electron chi connectivity index (χ0n) is 13.5. The third-order valence-corrected chi connectivity index (χ3v) is 4.94. The van der Waals surface area contributed by atoms with Crippen molar-refractivity contribution in [3.8, 4) is 5.69 Å². The molecule has 1 atom stereocenters. The SMILES string of the molecule is Cc1cc(C)c([S@+]([O-])CC(C)(F)F)cc1-n1nc(C(F)(F)F)nc1N. The van der Waals surface area contributed by atoms with Crippen molar-refractivity contribution in [3.63, 3.8) is 0 Å². The first kappa shape index (κ1) is 19.4. The summed E-state index contributed by atoms with van der Waals surface area (Å²) in [6.45, 7) is 3.79. The number of aromatic nitrogens is 3. The first-order valence-corrected chi connectivity index (χ1v) is 8.29. The van der Waals surface area contributed by atoms with Crippen LogP contribution in [0.4, 0.5) is 27.9 Å². The Kier molecular flexibility index (Phi) is 5.01. The number of hydrogen-bond acceptors (Lipinski definition) is 4. The van der Waals surface area contributed by atoms with E-state index in [1.807, 2.05) is 0 Å². The summed E-state index contributed by atoms with van der Waals surface area (Å²) in [4.78, 5) is 3.24. The third-order valence-electron chi connectivity index (χ3n) is 3.24. The molecule has 2 N–H and O–H groups in total. The van der Waals surface area contributed by atoms with Crippen LogP contribution in [0.25, 0.3) is 5.69 Å². The highest BCUT2D eigenvalue weighted by Crippen LogP contribution is 2.31. The highest BCUT2D eigenvalue weighted by atomic mass is 32.2. The fraction of sp³-hybridized carbons (Fsp3) is 0.429. The standard InChI is InChI=1S/C14H15F5N4OS/c1-7-4-8(2)10(25(24)6-13(3,15)16)5-9(7)23-12(20)21-11(22-23)14(17,18)19/h4-5H,6H2,1-3H3,(H2,20,21,22)/t25-/m1/s1. The molecule has 1 aromatic heterocycles. The molecule has 11 heteroatoms. The Bertz CT molecular complexity index is 785. The molecule has 0 saturated carbocycles. The Labute approximate surface area is 143 Å². The summed E-state index contributed by atoms with van der Waals surface area (Å²) in [5.41, 5.74) is 6.54. The largest absolute Gasteiger partial charge is 0.611 e. The predicted octanol–water partition coefficient (Wildman–Crippen LogP) is 3.25. The fourth-order valence-electron chi connectivity index (χ4n) is 2.22. The molecule has 0 amide bonds. The molecule has 0 bridgehead atoms. The molecule has 0 aliphatic rings. The van der Waals surface area contributed by atoms with E-state index in [-0.39, 0.29) is 10.6 Å². The molecule has 0 saturated heterocycles. The van der Waals surface area contributed by atoms with Crippen LogP contribution in [-0.4, -0.2) is 31.0 Å². The molecule has 5 nitrogen and oxygen atoms in total. The van der Waals surface area contributed by atoms with E-state index < -0.39 is 40.8 Å². The van der Waals surface area contributed by atoms with Gasteiger partial charge in [-0.25, -0.2) is 8.78 Å². The van der Waals surface area contributed by atoms with Crippen LogP contribution >= 0.6 is 0 Å². The molecule has 2 aromatic rings. The Morgan fingerprint density at radius 1 is 1.16 bits per heavy atom. The summed E-state index contributed by atoms with van der Waals surface area (Å²) in [7, 11) is 0. The lowest BCUT2D eigenvalue weighted by Gasteiger charge is -2.18. The van der Waals surface area contributed by atoms with Crippen molar-refractivity contribution < 1.29 is 26.5 Å². The van der Waals surface area contributed by atoms with Crippen LogP contribution in [0.5, 0.6) is 0 Å². The predicted molar refractivity (Wildman–Crippen MR) is 82.1 cm³/mol. The molecular weight excluding hydrogens is 367 g/mol. The van der Waals surface area contributed by atoms with Gasteiger partial charge in [0.1, 0.15) is 0 Å². The van der Waals surface area contributed by atoms with E-state index in [1.54, 1.807) is 13.8 Å². The van der Waals surface area contributed by atoms with Crippen LogP contribution in [0, 0.1) is 13.8 Å². The maximum absolute atomic E-state index is 13.1. The quantitative estimate of drug-likeness (QED) is 0.650. The molecule has 25 heavy (non-hydrogen) atoms. The fourth-order valence-corrected chi connectivity index (χ4v) is 3.50. The van der Waals surface area contributed by atoms with Crippen LogP contribution in [0.2, 0.25) is 0 Å². The summed E-state index contributed by atoms with van der Waals surface area (Å²) >= 11 is -2.05. The van der Waals surface area contributed by atoms with Crippen LogP contribution < -0.4 is 5.73 Å². The number of rotatable bonds is 4. The summed E-state index contributed by atoms with van der Waals surface area (Å²) in [5, 5.41) is 3.33. The van der Waals surface area contributed by atoms with Gasteiger partial charge in [0.15, 0.2) is 10.6 Å². The first-order chi connectivity index (χ1) is 11.3. The van der Waals surface area contributed by atoms with E-state index in [1.165, 1.54) is 12.1 Å². The first-order valence-electron chi connectivity index (χ1n) is 6.97. The van der Waals surface area contributed by atoms with E-state index in [0.29, 0.717) is 18.1 Å². The van der Waals surface area contributed by atoms with Crippen molar-refractivity contribution in [2.75, 3.05) is 11.5 Å². The van der Waals surface area contributed by atoms with Crippen molar-refractivity contribution in [1.82, 2.24) is 14.8 Å². The molecule has 1 aromatic carbocycles. The third kappa shape index (κ3) is 4.40. The number of aryl methyl sites for hydroxylation is 2. The van der Waals surface area contributed by atoms with Gasteiger partial charge in [-0.3, -0.25) is 0 Å². The summed E-state index contributed by atoms with van der Waals surface area (Å²) in [5.74, 6) is -6.00. The maximum atomic E-state index is 13.1. The highest BCUT2D eigenvalue weighted by Gasteiger charge is 2.37. The van der Waals surface area contributed by atoms with Gasteiger partial charge >= 0.3 is 6.18 Å². The van der Waals surface area contributed by atoms with Gasteiger partial charge in [-0.1, -0.05) is 0 Å². The molecule has 0 aliphatic carbocycles. The average molecular weight is 382 g/mol. The van der Waals surface area contributed by atoms with Crippen molar-refractivity contribution in [2.24, 2.45) is 0 Å². The van der Waals surface area contributed by atoms with Crippen LogP contribution in [0.1, 0.15) is 23.9 Å². The monoisotopic (exact) mass is 382 g/mol. The van der Waals surface area contributed by atoms with E-state index in [4.69, 9.17) is 5.73 Å². The number of nitrogens with zero attached hydrogens (tertiary/aromatic N) is 3. The van der Waals surface area contributed by atoms with E-state index >= 15 is 0 Å². The minimum Gasteiger partial charge on any atom is -0.611 e. The minimum atomic E-state index is -4.78. The van der Waals surface area contributed by atoms with Gasteiger partial charge in [0.25, 0.3) is 11.7 Å². The summed E-state index contributed by atoms with van der Waals surface area (Å²) < 4.78 is 77.4. The smallest absolute Gasteiger partial charge is 0.453 e. The second kappa shape index (κ2) is 6.45. The number of benzene rings is 1. The van der Waals surface area contributed by atoms with Crippen LogP contribution in [0.3, 0.4) is 0 Å². The van der Waals surface area contributed by atoms with E-state index in [9.17, 15) is 26.5 Å². The Hall–Kier alpha value is -1.88. The van der Waals surface area contributed by atoms with Crippen LogP contribution in [0.15, 0.2) is 17.0 Å². The van der Waals surface area contributed by atoms with E-state index in [0.717, 1.165) is 4.68 Å². The average Bonchev–Trinajstić information content (AvgIpc) is 2.78. The van der Waals surface area contributed by atoms with Gasteiger partial charge in [-0.2, -0.15) is 22.8 Å². The molecule has 0 aliphatic heterocycles. The number of anilines is 1. The lowest BCUT2D eigenvalue weighted by Crippen LogP contribution is -2.25. The molecule has 0 radical (unpaired) electrons. The highest BCUT2D eigenvalue weighted by molar-refractivity contribution is 7.91. The van der Waals surface area contributed by atoms with Gasteiger partial charge in [-0.15, -0.1) is 5.10 Å². The Morgan fingerprint density at radius 2 is 1.76 bits per heavy atom. The number of hydrogen-bond donors (Lipinski definition) is 1. The normalized spacial score (nSPS) is 14.0. The second-order valence-corrected chi connectivity index (χ2v) is 7.09. The minimum absolute atomic E-state index is 0.0746. The zero-order chi connectivity index (χ0) is 19.2. The molecule has 0 unspecified atom stereocenters. The maximum Gasteiger partial charge on any atom is 0.453 e. The van der Waals surface area contributed by atoms with Gasteiger partial charge < -0.3 is 10.3 Å². The van der Waals surface area contributed by atoms with Crippen molar-refractivity contribution in [2.45, 2.75) is 37.8 Å². The van der Waals surface area contributed by atoms with Gasteiger partial charge in [0, 0.05) is 18.6 Å². The van der Waals surface area contributed by atoms with Crippen molar-refractivity contribution in [3.05, 3.63) is 29.1 Å². The second-order valence-electron chi connectivity index (χ2n) is 5.67. The Balaban J connectivity index is 2.53. The molecule has 1 heterocycles. The lowest BCUT2D eigenvalue weighted by atomic mass is 10.1. The number of alkyl halides is 5. The van der Waals surface area contributed by atoms with E-state index in [2.05, 4.69) is 10.1 Å². The van der Waals surface area contributed by atoms with Crippen molar-refractivity contribution >= 4 is 17.1 Å². The summed E-state index contributed by atoms with van der Waals surface area (Å²) in [6.07, 6.45) is -4.78. The van der Waals surface area contributed by atoms with Gasteiger partial charge in [0.05, 0.1) is 5.69 Å². The Morgan fingerprint density at radius 3 is 2.24 bits per heavy atom. The molecule has 2 rings (SSSR count). The number of halogens is 5. The lowest BCUT2D eigenvalue weighted by molar-refractivity contribution is -0.144. The van der Waals surface area contributed by atoms with Crippen molar-refractivity contribution in [1.29, 1.82) is 0 Å². The molecule has 0 fully saturated rings. The molecule has 0 spiro atoms. The summed E-state index contributed by atoms with van der Waals surface area (Å²) in [6, 6.07) is 2.77. The van der Waals surface area contributed by atoms with Crippen LogP contribution in [-0.2, 0) is 17.4 Å².